The molecule has 1 aliphatic rings. The van der Waals surface area contributed by atoms with Crippen molar-refractivity contribution in [1.82, 2.24) is 0 Å². The van der Waals surface area contributed by atoms with E-state index in [4.69, 9.17) is 23.7 Å². The Morgan fingerprint density at radius 1 is 0.686 bits per heavy atom. The number of aldehydes is 1. The number of hydrogen-bond acceptors (Lipinski definition) is 7. The lowest BCUT2D eigenvalue weighted by molar-refractivity contribution is -0.379. The van der Waals surface area contributed by atoms with Gasteiger partial charge in [-0.05, 0) is 46.4 Å². The van der Waals surface area contributed by atoms with E-state index in [0.29, 0.717) is 18.3 Å². The van der Waals surface area contributed by atoms with Gasteiger partial charge >= 0.3 is 0 Å². The fourth-order valence-electron chi connectivity index (χ4n) is 6.39. The second kappa shape index (κ2) is 17.6. The molecule has 1 heterocycles. The van der Waals surface area contributed by atoms with Crippen LogP contribution in [-0.4, -0.2) is 42.4 Å². The van der Waals surface area contributed by atoms with Gasteiger partial charge in [-0.15, -0.1) is 0 Å². The molecular weight excluding hydrogens is 647 g/mol. The second-order valence-electron chi connectivity index (χ2n) is 12.6. The van der Waals surface area contributed by atoms with Crippen LogP contribution in [0, 0.1) is 5.82 Å². The van der Waals surface area contributed by atoms with E-state index >= 15 is 4.39 Å². The Kier molecular flexibility index (Phi) is 12.5. The maximum absolute atomic E-state index is 16.2. The molecule has 0 aliphatic carbocycles. The number of benzene rings is 5. The molecule has 1 aliphatic heterocycles. The Bertz CT molecular complexity index is 1810. The van der Waals surface area contributed by atoms with E-state index in [9.17, 15) is 9.90 Å². The highest BCUT2D eigenvalue weighted by molar-refractivity contribution is 5.78. The van der Waals surface area contributed by atoms with E-state index < -0.39 is 36.0 Å². The fraction of sp³-hybridized carbons (Fsp3) is 0.279. The van der Waals surface area contributed by atoms with Crippen LogP contribution in [0.5, 0.6) is 0 Å². The van der Waals surface area contributed by atoms with Crippen molar-refractivity contribution in [3.63, 3.8) is 0 Å². The van der Waals surface area contributed by atoms with Crippen molar-refractivity contribution in [3.05, 3.63) is 178 Å². The number of carbonyl (C=O) groups is 1. The summed E-state index contributed by atoms with van der Waals surface area (Å²) in [7, 11) is 0. The second-order valence-corrected chi connectivity index (χ2v) is 12.6. The normalized spacial score (nSPS) is 21.7. The van der Waals surface area contributed by atoms with Crippen molar-refractivity contribution in [1.29, 1.82) is 0 Å². The summed E-state index contributed by atoms with van der Waals surface area (Å²) in [5.74, 6) is -3.15. The molecule has 0 aromatic heterocycles. The lowest BCUT2D eigenvalue weighted by Gasteiger charge is -2.50. The molecule has 0 spiro atoms. The van der Waals surface area contributed by atoms with Crippen molar-refractivity contribution >= 4 is 6.29 Å². The van der Waals surface area contributed by atoms with Crippen molar-refractivity contribution in [3.8, 4) is 0 Å². The molecule has 1 unspecified atom stereocenters. The quantitative estimate of drug-likeness (QED) is 0.106. The smallest absolute Gasteiger partial charge is 0.225 e. The molecule has 1 fully saturated rings. The van der Waals surface area contributed by atoms with Crippen LogP contribution >= 0.6 is 0 Å². The largest absolute Gasteiger partial charge is 0.374 e. The van der Waals surface area contributed by atoms with Crippen LogP contribution in [0.4, 0.5) is 4.39 Å². The highest BCUT2D eigenvalue weighted by Gasteiger charge is 2.58. The number of ether oxygens (including phenoxy) is 5. The minimum absolute atomic E-state index is 0.0253. The summed E-state index contributed by atoms with van der Waals surface area (Å²) in [6.45, 7) is 2.48. The SMILES string of the molecule is CCc1cc(F)c(C2(O)O[C@H](COCc3ccccc3)[C@@H](OCc3ccccc3)[C@H](OCc3ccccc3)[C@H]2OCc2ccccc2)cc1C=O. The molecule has 6 rings (SSSR count). The number of halogens is 1. The molecule has 51 heavy (non-hydrogen) atoms. The predicted molar refractivity (Wildman–Crippen MR) is 191 cm³/mol. The van der Waals surface area contributed by atoms with Gasteiger partial charge in [0.25, 0.3) is 0 Å². The number of rotatable bonds is 16. The Morgan fingerprint density at radius 2 is 1.16 bits per heavy atom. The van der Waals surface area contributed by atoms with Crippen LogP contribution in [0.2, 0.25) is 0 Å². The summed E-state index contributed by atoms with van der Waals surface area (Å²) >= 11 is 0. The first-order chi connectivity index (χ1) is 25.0. The molecule has 0 bridgehead atoms. The molecule has 5 aromatic carbocycles. The predicted octanol–water partition coefficient (Wildman–Crippen LogP) is 7.72. The van der Waals surface area contributed by atoms with Crippen LogP contribution in [0.1, 0.15) is 50.7 Å². The van der Waals surface area contributed by atoms with Gasteiger partial charge in [0, 0.05) is 5.56 Å². The Labute approximate surface area is 298 Å². The van der Waals surface area contributed by atoms with E-state index in [1.165, 1.54) is 12.1 Å². The molecule has 8 heteroatoms. The Hall–Kier alpha value is -4.54. The summed E-state index contributed by atoms with van der Waals surface area (Å²) in [6.07, 6.45) is -3.02. The van der Waals surface area contributed by atoms with Gasteiger partial charge in [0.2, 0.25) is 5.79 Å². The summed E-state index contributed by atoms with van der Waals surface area (Å²) in [4.78, 5) is 12.2. The first-order valence-electron chi connectivity index (χ1n) is 17.2. The van der Waals surface area contributed by atoms with Gasteiger partial charge in [-0.1, -0.05) is 128 Å². The number of aliphatic hydroxyl groups is 1. The topological polar surface area (TPSA) is 83.5 Å². The Balaban J connectivity index is 1.43. The zero-order chi connectivity index (χ0) is 35.5. The summed E-state index contributed by atoms with van der Waals surface area (Å²) in [5.41, 5.74) is 4.10. The highest BCUT2D eigenvalue weighted by Crippen LogP contribution is 2.43. The van der Waals surface area contributed by atoms with E-state index in [-0.39, 0.29) is 44.2 Å². The van der Waals surface area contributed by atoms with Gasteiger partial charge in [-0.3, -0.25) is 4.79 Å². The van der Waals surface area contributed by atoms with Crippen molar-refractivity contribution in [2.45, 2.75) is 70.0 Å². The third-order valence-corrected chi connectivity index (χ3v) is 9.06. The summed E-state index contributed by atoms with van der Waals surface area (Å²) < 4.78 is 48.9. The standard InChI is InChI=1S/C43H43FO7/c1-2-35-24-38(44)37(23-36(35)25-45)43(46)42(50-29-34-21-13-6-14-22-34)41(49-28-33-19-11-5-12-20-33)40(48-27-32-17-9-4-10-18-32)39(51-43)30-47-26-31-15-7-3-8-16-31/h3-25,39-42,46H,2,26-30H2,1H3/t39-,40-,41+,42-,43?/m1/s1. The van der Waals surface area contributed by atoms with Crippen LogP contribution in [0.3, 0.4) is 0 Å². The zero-order valence-corrected chi connectivity index (χ0v) is 28.6. The summed E-state index contributed by atoms with van der Waals surface area (Å²) in [5, 5.41) is 12.8. The van der Waals surface area contributed by atoms with E-state index in [1.807, 2.05) is 128 Å². The fourth-order valence-corrected chi connectivity index (χ4v) is 6.39. The van der Waals surface area contributed by atoms with E-state index in [0.717, 1.165) is 22.3 Å². The summed E-state index contributed by atoms with van der Waals surface area (Å²) in [6, 6.07) is 41.1. The third-order valence-electron chi connectivity index (χ3n) is 9.06. The van der Waals surface area contributed by atoms with Crippen molar-refractivity contribution < 1.29 is 38.0 Å². The first-order valence-corrected chi connectivity index (χ1v) is 17.2. The van der Waals surface area contributed by atoms with Crippen molar-refractivity contribution in [2.24, 2.45) is 0 Å². The van der Waals surface area contributed by atoms with Gasteiger partial charge in [0.15, 0.2) is 0 Å². The maximum Gasteiger partial charge on any atom is 0.225 e. The molecule has 0 saturated carbocycles. The van der Waals surface area contributed by atoms with Crippen LogP contribution < -0.4 is 0 Å². The molecule has 0 radical (unpaired) electrons. The molecule has 1 N–H and O–H groups in total. The highest BCUT2D eigenvalue weighted by atomic mass is 19.1. The first kappa shape index (κ1) is 36.3. The van der Waals surface area contributed by atoms with Crippen molar-refractivity contribution in [2.75, 3.05) is 6.61 Å². The van der Waals surface area contributed by atoms with Gasteiger partial charge in [-0.25, -0.2) is 4.39 Å². The number of carbonyl (C=O) groups excluding carboxylic acids is 1. The third kappa shape index (κ3) is 9.04. The minimum Gasteiger partial charge on any atom is -0.374 e. The maximum atomic E-state index is 16.2. The molecule has 5 aromatic rings. The average Bonchev–Trinajstić information content (AvgIpc) is 3.17. The van der Waals surface area contributed by atoms with Gasteiger partial charge < -0.3 is 28.8 Å². The Morgan fingerprint density at radius 3 is 1.65 bits per heavy atom. The zero-order valence-electron chi connectivity index (χ0n) is 28.6. The molecule has 5 atom stereocenters. The molecule has 1 saturated heterocycles. The van der Waals surface area contributed by atoms with Crippen LogP contribution in [-0.2, 0) is 62.3 Å². The minimum atomic E-state index is -2.42. The van der Waals surface area contributed by atoms with Crippen LogP contribution in [0.25, 0.3) is 0 Å². The van der Waals surface area contributed by atoms with Gasteiger partial charge in [0.05, 0.1) is 38.6 Å². The van der Waals surface area contributed by atoms with Crippen LogP contribution in [0.15, 0.2) is 133 Å². The van der Waals surface area contributed by atoms with E-state index in [1.54, 1.807) is 0 Å². The molecule has 264 valence electrons. The lowest BCUT2D eigenvalue weighted by atomic mass is 9.85. The number of hydrogen-bond donors (Lipinski definition) is 1. The monoisotopic (exact) mass is 690 g/mol. The van der Waals surface area contributed by atoms with E-state index in [2.05, 4.69) is 0 Å². The average molecular weight is 691 g/mol. The van der Waals surface area contributed by atoms with Gasteiger partial charge in [-0.2, -0.15) is 0 Å². The molecule has 0 amide bonds. The molecule has 7 nitrogen and oxygen atoms in total. The molecular formula is C43H43FO7. The number of aryl methyl sites for hydroxylation is 1. The van der Waals surface area contributed by atoms with Gasteiger partial charge in [0.1, 0.15) is 36.5 Å². The lowest BCUT2D eigenvalue weighted by Crippen LogP contribution is -2.66.